The van der Waals surface area contributed by atoms with E-state index in [2.05, 4.69) is 41.2 Å². The summed E-state index contributed by atoms with van der Waals surface area (Å²) in [5.41, 5.74) is 1.49. The number of ether oxygens (including phenoxy) is 2. The molecular weight excluding hydrogens is 318 g/mol. The molecule has 0 amide bonds. The van der Waals surface area contributed by atoms with E-state index in [-0.39, 0.29) is 5.41 Å². The van der Waals surface area contributed by atoms with Gasteiger partial charge in [0.05, 0.1) is 6.61 Å². The van der Waals surface area contributed by atoms with Gasteiger partial charge in [0.2, 0.25) is 0 Å². The number of benzene rings is 1. The zero-order valence-electron chi connectivity index (χ0n) is 12.5. The van der Waals surface area contributed by atoms with E-state index in [1.807, 2.05) is 12.1 Å². The predicted octanol–water partition coefficient (Wildman–Crippen LogP) is 3.93. The monoisotopic (exact) mass is 341 g/mol. The molecular formula is C16H24BrNO2. The van der Waals surface area contributed by atoms with Crippen molar-refractivity contribution in [2.24, 2.45) is 5.41 Å². The van der Waals surface area contributed by atoms with Crippen LogP contribution in [0.15, 0.2) is 22.7 Å². The quantitative estimate of drug-likeness (QED) is 0.850. The van der Waals surface area contributed by atoms with E-state index in [9.17, 15) is 0 Å². The van der Waals surface area contributed by atoms with Gasteiger partial charge >= 0.3 is 0 Å². The third-order valence-corrected chi connectivity index (χ3v) is 4.31. The molecule has 1 N–H and O–H groups in total. The average Bonchev–Trinajstić information content (AvgIpc) is 2.43. The minimum absolute atomic E-state index is 0.237. The van der Waals surface area contributed by atoms with E-state index >= 15 is 0 Å². The molecule has 0 saturated heterocycles. The molecule has 1 atom stereocenters. The van der Waals surface area contributed by atoms with Gasteiger partial charge in [0.1, 0.15) is 5.75 Å². The lowest BCUT2D eigenvalue weighted by Crippen LogP contribution is -2.35. The molecule has 1 aliphatic heterocycles. The summed E-state index contributed by atoms with van der Waals surface area (Å²) in [7, 11) is 1.76. The summed E-state index contributed by atoms with van der Waals surface area (Å²) in [6.45, 7) is 7.13. The van der Waals surface area contributed by atoms with Crippen LogP contribution in [0.3, 0.4) is 0 Å². The van der Waals surface area contributed by atoms with Gasteiger partial charge in [-0.2, -0.15) is 0 Å². The Morgan fingerprint density at radius 1 is 1.45 bits per heavy atom. The number of methoxy groups -OCH3 is 1. The van der Waals surface area contributed by atoms with Gasteiger partial charge in [-0.25, -0.2) is 0 Å². The van der Waals surface area contributed by atoms with Crippen LogP contribution in [-0.4, -0.2) is 26.9 Å². The summed E-state index contributed by atoms with van der Waals surface area (Å²) in [5, 5.41) is 3.70. The summed E-state index contributed by atoms with van der Waals surface area (Å²) >= 11 is 3.54. The van der Waals surface area contributed by atoms with E-state index in [1.54, 1.807) is 7.11 Å². The summed E-state index contributed by atoms with van der Waals surface area (Å²) in [6.07, 6.45) is 2.08. The number of rotatable bonds is 6. The van der Waals surface area contributed by atoms with E-state index in [0.29, 0.717) is 6.04 Å². The lowest BCUT2D eigenvalue weighted by atomic mass is 9.88. The molecule has 0 aromatic heterocycles. The van der Waals surface area contributed by atoms with Gasteiger partial charge in [0.25, 0.3) is 0 Å². The zero-order valence-corrected chi connectivity index (χ0v) is 14.1. The van der Waals surface area contributed by atoms with Gasteiger partial charge in [-0.1, -0.05) is 29.8 Å². The van der Waals surface area contributed by atoms with Crippen LogP contribution in [-0.2, 0) is 4.74 Å². The largest absolute Gasteiger partial charge is 0.493 e. The Morgan fingerprint density at radius 2 is 2.25 bits per heavy atom. The van der Waals surface area contributed by atoms with Crippen LogP contribution in [0.1, 0.15) is 38.3 Å². The molecule has 112 valence electrons. The average molecular weight is 342 g/mol. The zero-order chi connectivity index (χ0) is 14.6. The Bertz CT molecular complexity index is 448. The number of nitrogens with one attached hydrogen (secondary N) is 1. The first-order valence-electron chi connectivity index (χ1n) is 7.16. The summed E-state index contributed by atoms with van der Waals surface area (Å²) < 4.78 is 12.0. The lowest BCUT2D eigenvalue weighted by Gasteiger charge is -2.31. The van der Waals surface area contributed by atoms with Crippen molar-refractivity contribution < 1.29 is 9.47 Å². The molecule has 0 aliphatic carbocycles. The third kappa shape index (κ3) is 4.21. The first-order valence-corrected chi connectivity index (χ1v) is 7.96. The first-order chi connectivity index (χ1) is 9.52. The van der Waals surface area contributed by atoms with E-state index in [4.69, 9.17) is 9.47 Å². The molecule has 0 fully saturated rings. The molecule has 1 aliphatic rings. The highest BCUT2D eigenvalue weighted by Gasteiger charge is 2.24. The summed E-state index contributed by atoms with van der Waals surface area (Å²) in [4.78, 5) is 0. The highest BCUT2D eigenvalue weighted by atomic mass is 79.9. The van der Waals surface area contributed by atoms with Crippen molar-refractivity contribution in [2.45, 2.75) is 32.7 Å². The summed E-state index contributed by atoms with van der Waals surface area (Å²) in [5.74, 6) is 1.01. The van der Waals surface area contributed by atoms with Crippen molar-refractivity contribution in [2.75, 3.05) is 26.9 Å². The van der Waals surface area contributed by atoms with Crippen LogP contribution >= 0.6 is 15.9 Å². The maximum Gasteiger partial charge on any atom is 0.124 e. The fourth-order valence-corrected chi connectivity index (χ4v) is 2.82. The molecule has 1 aromatic carbocycles. The fraction of sp³-hybridized carbons (Fsp3) is 0.625. The molecule has 0 saturated carbocycles. The van der Waals surface area contributed by atoms with Crippen molar-refractivity contribution in [1.82, 2.24) is 5.32 Å². The maximum atomic E-state index is 5.72. The van der Waals surface area contributed by atoms with E-state index in [0.717, 1.165) is 42.8 Å². The molecule has 1 aromatic rings. The second-order valence-corrected chi connectivity index (χ2v) is 7.08. The minimum atomic E-state index is 0.237. The number of hydrogen-bond acceptors (Lipinski definition) is 3. The van der Waals surface area contributed by atoms with Gasteiger partial charge in [0.15, 0.2) is 0 Å². The SMILES string of the molecule is COCCC(C)(C)CNC1CCOc2ccc(Br)cc21. The second kappa shape index (κ2) is 6.92. The van der Waals surface area contributed by atoms with Crippen LogP contribution in [0.5, 0.6) is 5.75 Å². The van der Waals surface area contributed by atoms with Gasteiger partial charge < -0.3 is 14.8 Å². The molecule has 4 heteroatoms. The Balaban J connectivity index is 1.99. The van der Waals surface area contributed by atoms with Crippen molar-refractivity contribution >= 4 is 15.9 Å². The molecule has 20 heavy (non-hydrogen) atoms. The summed E-state index contributed by atoms with van der Waals surface area (Å²) in [6, 6.07) is 6.61. The molecule has 1 unspecified atom stereocenters. The molecule has 2 rings (SSSR count). The fourth-order valence-electron chi connectivity index (χ4n) is 2.44. The molecule has 0 radical (unpaired) electrons. The Hall–Kier alpha value is -0.580. The highest BCUT2D eigenvalue weighted by Crippen LogP contribution is 2.34. The van der Waals surface area contributed by atoms with Crippen LogP contribution < -0.4 is 10.1 Å². The van der Waals surface area contributed by atoms with Crippen molar-refractivity contribution in [3.05, 3.63) is 28.2 Å². The van der Waals surface area contributed by atoms with Crippen molar-refractivity contribution in [3.63, 3.8) is 0 Å². The van der Waals surface area contributed by atoms with E-state index in [1.165, 1.54) is 5.56 Å². The Labute approximate surface area is 130 Å². The minimum Gasteiger partial charge on any atom is -0.493 e. The van der Waals surface area contributed by atoms with Gasteiger partial charge in [0, 0.05) is 42.8 Å². The number of hydrogen-bond donors (Lipinski definition) is 1. The normalized spacial score (nSPS) is 18.5. The smallest absolute Gasteiger partial charge is 0.124 e. The van der Waals surface area contributed by atoms with Gasteiger partial charge in [-0.15, -0.1) is 0 Å². The molecule has 0 spiro atoms. The van der Waals surface area contributed by atoms with Gasteiger partial charge in [-0.05, 0) is 30.0 Å². The molecule has 1 heterocycles. The Morgan fingerprint density at radius 3 is 3.00 bits per heavy atom. The van der Waals surface area contributed by atoms with E-state index < -0.39 is 0 Å². The maximum absolute atomic E-state index is 5.72. The Kier molecular flexibility index (Phi) is 5.47. The third-order valence-electron chi connectivity index (χ3n) is 3.82. The van der Waals surface area contributed by atoms with Crippen molar-refractivity contribution in [1.29, 1.82) is 0 Å². The van der Waals surface area contributed by atoms with Crippen LogP contribution in [0.2, 0.25) is 0 Å². The predicted molar refractivity (Wildman–Crippen MR) is 85.3 cm³/mol. The standard InChI is InChI=1S/C16H24BrNO2/c1-16(2,7-9-19-3)11-18-14-6-8-20-15-5-4-12(17)10-13(14)15/h4-5,10,14,18H,6-9,11H2,1-3H3. The lowest BCUT2D eigenvalue weighted by molar-refractivity contribution is 0.146. The molecule has 0 bridgehead atoms. The van der Waals surface area contributed by atoms with Crippen LogP contribution in [0.4, 0.5) is 0 Å². The first kappa shape index (κ1) is 15.8. The second-order valence-electron chi connectivity index (χ2n) is 6.16. The topological polar surface area (TPSA) is 30.5 Å². The van der Waals surface area contributed by atoms with Crippen LogP contribution in [0, 0.1) is 5.41 Å². The van der Waals surface area contributed by atoms with Gasteiger partial charge in [-0.3, -0.25) is 0 Å². The van der Waals surface area contributed by atoms with Crippen LogP contribution in [0.25, 0.3) is 0 Å². The highest BCUT2D eigenvalue weighted by molar-refractivity contribution is 9.10. The number of halogens is 1. The molecule has 3 nitrogen and oxygen atoms in total. The van der Waals surface area contributed by atoms with Crippen molar-refractivity contribution in [3.8, 4) is 5.75 Å². The number of fused-ring (bicyclic) bond motifs is 1.